The normalized spacial score (nSPS) is 13.1. The van der Waals surface area contributed by atoms with Crippen molar-refractivity contribution in [2.24, 2.45) is 5.73 Å². The molecule has 0 spiro atoms. The molecule has 0 aromatic rings. The van der Waals surface area contributed by atoms with E-state index in [0.29, 0.717) is 5.17 Å². The second-order valence-corrected chi connectivity index (χ2v) is 6.88. The van der Waals surface area contributed by atoms with Crippen LogP contribution in [0.3, 0.4) is 0 Å². The fraction of sp³-hybridized carbons (Fsp3) is 0.857. The Bertz CT molecular complexity index is 121. The Morgan fingerprint density at radius 1 is 1.50 bits per heavy atom. The Morgan fingerprint density at radius 3 is 2.30 bits per heavy atom. The fourth-order valence-electron chi connectivity index (χ4n) is 0.615. The summed E-state index contributed by atoms with van der Waals surface area (Å²) in [5.41, 5.74) is 5.43. The van der Waals surface area contributed by atoms with Crippen LogP contribution in [0.15, 0.2) is 0 Å². The lowest BCUT2D eigenvalue weighted by Gasteiger charge is -2.28. The number of amidine groups is 1. The first-order chi connectivity index (χ1) is 4.50. The highest BCUT2D eigenvalue weighted by Crippen LogP contribution is 2.39. The van der Waals surface area contributed by atoms with Gasteiger partial charge in [0.2, 0.25) is 0 Å². The van der Waals surface area contributed by atoms with Crippen LogP contribution >= 0.6 is 10.0 Å². The predicted octanol–water partition coefficient (Wildman–Crippen LogP) is 1.74. The van der Waals surface area contributed by atoms with Crippen molar-refractivity contribution < 1.29 is 0 Å². The van der Waals surface area contributed by atoms with Crippen molar-refractivity contribution in [3.05, 3.63) is 0 Å². The maximum atomic E-state index is 7.29. The molecule has 0 atom stereocenters. The minimum Gasteiger partial charge on any atom is -0.380 e. The molecule has 0 aliphatic carbocycles. The van der Waals surface area contributed by atoms with Crippen molar-refractivity contribution in [3.63, 3.8) is 0 Å². The van der Waals surface area contributed by atoms with E-state index in [1.807, 2.05) is 0 Å². The zero-order chi connectivity index (χ0) is 8.20. The summed E-state index contributed by atoms with van der Waals surface area (Å²) in [4.78, 5) is 0. The number of hydrogen-bond acceptors (Lipinski definition) is 1. The molecule has 0 radical (unpaired) electrons. The SMILES string of the molecule is CCCCS(C)(C)C(=N)N. The van der Waals surface area contributed by atoms with Gasteiger partial charge in [-0.3, -0.25) is 5.41 Å². The first-order valence-electron chi connectivity index (χ1n) is 3.56. The average molecular weight is 162 g/mol. The van der Waals surface area contributed by atoms with Gasteiger partial charge in [-0.1, -0.05) is 13.3 Å². The van der Waals surface area contributed by atoms with Crippen molar-refractivity contribution in [1.82, 2.24) is 0 Å². The van der Waals surface area contributed by atoms with Gasteiger partial charge in [-0.2, -0.15) is 10.0 Å². The van der Waals surface area contributed by atoms with Gasteiger partial charge in [0.1, 0.15) is 5.17 Å². The van der Waals surface area contributed by atoms with Crippen molar-refractivity contribution in [1.29, 1.82) is 5.41 Å². The van der Waals surface area contributed by atoms with Gasteiger partial charge in [0.25, 0.3) is 0 Å². The summed E-state index contributed by atoms with van der Waals surface area (Å²) in [6, 6.07) is 0. The summed E-state index contributed by atoms with van der Waals surface area (Å²) in [5, 5.41) is 7.68. The molecule has 0 fully saturated rings. The molecule has 10 heavy (non-hydrogen) atoms. The van der Waals surface area contributed by atoms with E-state index in [-0.39, 0.29) is 0 Å². The monoisotopic (exact) mass is 162 g/mol. The molecule has 0 unspecified atom stereocenters. The summed E-state index contributed by atoms with van der Waals surface area (Å²) >= 11 is 0. The Morgan fingerprint density at radius 2 is 2.00 bits per heavy atom. The third kappa shape index (κ3) is 3.11. The summed E-state index contributed by atoms with van der Waals surface area (Å²) in [6.07, 6.45) is 6.60. The highest BCUT2D eigenvalue weighted by atomic mass is 32.3. The molecule has 0 saturated heterocycles. The lowest BCUT2D eigenvalue weighted by atomic mass is 10.4. The molecule has 62 valence electrons. The van der Waals surface area contributed by atoms with Crippen LogP contribution in [0, 0.1) is 5.41 Å². The van der Waals surface area contributed by atoms with Gasteiger partial charge in [0.15, 0.2) is 0 Å². The first kappa shape index (κ1) is 9.82. The molecular formula is C7H18N2S. The summed E-state index contributed by atoms with van der Waals surface area (Å²) < 4.78 is 0. The molecule has 0 saturated carbocycles. The van der Waals surface area contributed by atoms with Crippen LogP contribution in [0.4, 0.5) is 0 Å². The number of nitrogens with one attached hydrogen (secondary N) is 1. The molecule has 0 aromatic heterocycles. The van der Waals surface area contributed by atoms with Crippen LogP contribution < -0.4 is 5.73 Å². The lowest BCUT2D eigenvalue weighted by Crippen LogP contribution is -2.20. The molecular weight excluding hydrogens is 144 g/mol. The molecule has 0 aliphatic rings. The average Bonchev–Trinajstić information content (AvgIpc) is 1.84. The van der Waals surface area contributed by atoms with Gasteiger partial charge in [0, 0.05) is 0 Å². The molecule has 0 heterocycles. The number of rotatable bonds is 3. The highest BCUT2D eigenvalue weighted by molar-refractivity contribution is 8.44. The zero-order valence-electron chi connectivity index (χ0n) is 7.11. The van der Waals surface area contributed by atoms with Crippen molar-refractivity contribution >= 4 is 15.2 Å². The van der Waals surface area contributed by atoms with E-state index in [9.17, 15) is 0 Å². The van der Waals surface area contributed by atoms with Gasteiger partial charge in [-0.05, 0) is 24.7 Å². The third-order valence-corrected chi connectivity index (χ3v) is 4.10. The number of nitrogens with two attached hydrogens (primary N) is 1. The zero-order valence-corrected chi connectivity index (χ0v) is 7.92. The summed E-state index contributed by atoms with van der Waals surface area (Å²) in [7, 11) is -0.899. The van der Waals surface area contributed by atoms with Gasteiger partial charge in [-0.15, -0.1) is 0 Å². The second-order valence-electron chi connectivity index (χ2n) is 2.96. The molecule has 2 nitrogen and oxygen atoms in total. The van der Waals surface area contributed by atoms with E-state index in [4.69, 9.17) is 11.1 Å². The predicted molar refractivity (Wildman–Crippen MR) is 51.1 cm³/mol. The van der Waals surface area contributed by atoms with Gasteiger partial charge in [0.05, 0.1) is 0 Å². The minimum atomic E-state index is -0.899. The van der Waals surface area contributed by atoms with Crippen LogP contribution in [-0.2, 0) is 0 Å². The lowest BCUT2D eigenvalue weighted by molar-refractivity contribution is 0.894. The molecule has 0 rings (SSSR count). The van der Waals surface area contributed by atoms with Crippen molar-refractivity contribution in [3.8, 4) is 0 Å². The van der Waals surface area contributed by atoms with E-state index >= 15 is 0 Å². The maximum Gasteiger partial charge on any atom is 0.132 e. The molecule has 0 aliphatic heterocycles. The summed E-state index contributed by atoms with van der Waals surface area (Å²) in [5.74, 6) is 1.11. The van der Waals surface area contributed by atoms with Crippen LogP contribution in [0.25, 0.3) is 0 Å². The van der Waals surface area contributed by atoms with Crippen LogP contribution in [0.2, 0.25) is 0 Å². The largest absolute Gasteiger partial charge is 0.380 e. The smallest absolute Gasteiger partial charge is 0.132 e. The third-order valence-electron chi connectivity index (χ3n) is 1.60. The Hall–Kier alpha value is -0.180. The van der Waals surface area contributed by atoms with E-state index in [1.165, 1.54) is 12.8 Å². The number of unbranched alkanes of at least 4 members (excludes halogenated alkanes) is 1. The summed E-state index contributed by atoms with van der Waals surface area (Å²) in [6.45, 7) is 2.16. The van der Waals surface area contributed by atoms with E-state index < -0.39 is 10.0 Å². The molecule has 0 bridgehead atoms. The quantitative estimate of drug-likeness (QED) is 0.482. The van der Waals surface area contributed by atoms with Gasteiger partial charge >= 0.3 is 0 Å². The van der Waals surface area contributed by atoms with E-state index in [1.54, 1.807) is 0 Å². The Labute approximate surface area is 65.0 Å². The van der Waals surface area contributed by atoms with Crippen LogP contribution in [-0.4, -0.2) is 23.4 Å². The Balaban J connectivity index is 3.75. The van der Waals surface area contributed by atoms with E-state index in [2.05, 4.69) is 19.4 Å². The molecule has 3 N–H and O–H groups in total. The highest BCUT2D eigenvalue weighted by Gasteiger charge is 2.13. The minimum absolute atomic E-state index is 0.390. The van der Waals surface area contributed by atoms with Crippen molar-refractivity contribution in [2.45, 2.75) is 19.8 Å². The van der Waals surface area contributed by atoms with E-state index in [0.717, 1.165) is 5.75 Å². The van der Waals surface area contributed by atoms with Crippen LogP contribution in [0.1, 0.15) is 19.8 Å². The first-order valence-corrected chi connectivity index (χ1v) is 6.17. The maximum absolute atomic E-state index is 7.29. The van der Waals surface area contributed by atoms with Crippen LogP contribution in [0.5, 0.6) is 0 Å². The topological polar surface area (TPSA) is 49.9 Å². The Kier molecular flexibility index (Phi) is 3.79. The molecule has 0 aromatic carbocycles. The molecule has 0 amide bonds. The van der Waals surface area contributed by atoms with Crippen molar-refractivity contribution in [2.75, 3.05) is 18.3 Å². The molecule has 3 heteroatoms. The second kappa shape index (κ2) is 3.86. The standard InChI is InChI=1S/C7H18N2S/c1-4-5-6-10(2,3)7(8)9/h4-6H2,1-3H3,(H3,8,9). The van der Waals surface area contributed by atoms with Gasteiger partial charge < -0.3 is 5.73 Å². The number of hydrogen-bond donors (Lipinski definition) is 2. The van der Waals surface area contributed by atoms with Gasteiger partial charge in [-0.25, -0.2) is 0 Å². The fourth-order valence-corrected chi connectivity index (χ4v) is 1.85.